The zero-order valence-electron chi connectivity index (χ0n) is 13.4. The molecule has 4 heteroatoms. The summed E-state index contributed by atoms with van der Waals surface area (Å²) in [5.41, 5.74) is 3.83. The third kappa shape index (κ3) is 3.72. The summed E-state index contributed by atoms with van der Waals surface area (Å²) in [6, 6.07) is 19.5. The highest BCUT2D eigenvalue weighted by atomic mass is 32.1. The molecule has 3 rings (SSSR count). The smallest absolute Gasteiger partial charge is 0.251 e. The van der Waals surface area contributed by atoms with Gasteiger partial charge in [0, 0.05) is 17.0 Å². The molecule has 1 heterocycles. The van der Waals surface area contributed by atoms with Crippen molar-refractivity contribution in [2.75, 3.05) is 6.54 Å². The maximum Gasteiger partial charge on any atom is 0.251 e. The van der Waals surface area contributed by atoms with Gasteiger partial charge in [0.2, 0.25) is 0 Å². The van der Waals surface area contributed by atoms with Gasteiger partial charge in [-0.3, -0.25) is 4.79 Å². The standard InChI is InChI=1S/C20H19NO2S/c1-14-11-12-24-19(14)18(22)13-21-20(23)17-9-7-16(8-10-17)15-5-3-2-4-6-15/h2-12,18,22H,13H2,1H3,(H,21,23). The largest absolute Gasteiger partial charge is 0.386 e. The van der Waals surface area contributed by atoms with Gasteiger partial charge in [-0.2, -0.15) is 0 Å². The number of aliphatic hydroxyl groups is 1. The highest BCUT2D eigenvalue weighted by Gasteiger charge is 2.14. The zero-order valence-corrected chi connectivity index (χ0v) is 14.2. The van der Waals surface area contributed by atoms with Crippen molar-refractivity contribution in [2.24, 2.45) is 0 Å². The Morgan fingerprint density at radius 2 is 1.71 bits per heavy atom. The number of aliphatic hydroxyl groups excluding tert-OH is 1. The monoisotopic (exact) mass is 337 g/mol. The van der Waals surface area contributed by atoms with Crippen LogP contribution in [0.1, 0.15) is 26.9 Å². The molecule has 0 radical (unpaired) electrons. The average Bonchev–Trinajstić information content (AvgIpc) is 3.06. The van der Waals surface area contributed by atoms with Crippen LogP contribution in [0.3, 0.4) is 0 Å². The van der Waals surface area contributed by atoms with E-state index in [0.717, 1.165) is 21.6 Å². The SMILES string of the molecule is Cc1ccsc1C(O)CNC(=O)c1ccc(-c2ccccc2)cc1. The second-order valence-corrected chi connectivity index (χ2v) is 6.58. The fourth-order valence-corrected chi connectivity index (χ4v) is 3.47. The molecule has 0 spiro atoms. The Balaban J connectivity index is 1.62. The molecule has 0 bridgehead atoms. The molecule has 122 valence electrons. The summed E-state index contributed by atoms with van der Waals surface area (Å²) in [6.45, 7) is 2.17. The van der Waals surface area contributed by atoms with Gasteiger partial charge in [-0.05, 0) is 47.2 Å². The summed E-state index contributed by atoms with van der Waals surface area (Å²) in [6.07, 6.45) is -0.669. The highest BCUT2D eigenvalue weighted by molar-refractivity contribution is 7.10. The molecule has 0 aliphatic carbocycles. The Kier molecular flexibility index (Phi) is 5.08. The number of hydrogen-bond acceptors (Lipinski definition) is 3. The normalized spacial score (nSPS) is 11.9. The Hall–Kier alpha value is -2.43. The minimum Gasteiger partial charge on any atom is -0.386 e. The highest BCUT2D eigenvalue weighted by Crippen LogP contribution is 2.23. The average molecular weight is 337 g/mol. The van der Waals surface area contributed by atoms with Crippen LogP contribution in [0.25, 0.3) is 11.1 Å². The van der Waals surface area contributed by atoms with E-state index in [0.29, 0.717) is 5.56 Å². The van der Waals surface area contributed by atoms with Crippen molar-refractivity contribution >= 4 is 17.2 Å². The second kappa shape index (κ2) is 7.43. The molecule has 0 aliphatic rings. The molecule has 1 aromatic heterocycles. The summed E-state index contributed by atoms with van der Waals surface area (Å²) in [7, 11) is 0. The first-order valence-corrected chi connectivity index (χ1v) is 8.69. The number of thiophene rings is 1. The maximum absolute atomic E-state index is 12.2. The van der Waals surface area contributed by atoms with Crippen molar-refractivity contribution in [3.05, 3.63) is 82.0 Å². The number of aryl methyl sites for hydroxylation is 1. The molecule has 1 amide bonds. The summed E-state index contributed by atoms with van der Waals surface area (Å²) in [4.78, 5) is 13.1. The van der Waals surface area contributed by atoms with Crippen molar-refractivity contribution in [1.29, 1.82) is 0 Å². The first-order chi connectivity index (χ1) is 11.6. The quantitative estimate of drug-likeness (QED) is 0.733. The van der Waals surface area contributed by atoms with E-state index in [9.17, 15) is 9.90 Å². The maximum atomic E-state index is 12.2. The van der Waals surface area contributed by atoms with Crippen LogP contribution in [0.2, 0.25) is 0 Å². The number of rotatable bonds is 5. The molecule has 24 heavy (non-hydrogen) atoms. The van der Waals surface area contributed by atoms with E-state index in [1.807, 2.05) is 60.8 Å². The predicted molar refractivity (Wildman–Crippen MR) is 98.2 cm³/mol. The third-order valence-corrected chi connectivity index (χ3v) is 5.03. The summed E-state index contributed by atoms with van der Waals surface area (Å²) in [5, 5.41) is 14.9. The third-order valence-electron chi connectivity index (χ3n) is 3.91. The van der Waals surface area contributed by atoms with Crippen molar-refractivity contribution in [3.63, 3.8) is 0 Å². The van der Waals surface area contributed by atoms with Crippen LogP contribution in [0.15, 0.2) is 66.0 Å². The van der Waals surface area contributed by atoms with Gasteiger partial charge >= 0.3 is 0 Å². The van der Waals surface area contributed by atoms with Gasteiger partial charge in [0.05, 0.1) is 0 Å². The second-order valence-electron chi connectivity index (χ2n) is 5.64. The van der Waals surface area contributed by atoms with Crippen LogP contribution in [0.4, 0.5) is 0 Å². The van der Waals surface area contributed by atoms with Gasteiger partial charge in [-0.25, -0.2) is 0 Å². The lowest BCUT2D eigenvalue weighted by Crippen LogP contribution is -2.28. The molecule has 2 N–H and O–H groups in total. The topological polar surface area (TPSA) is 49.3 Å². The Labute approximate surface area is 145 Å². The summed E-state index contributed by atoms with van der Waals surface area (Å²) < 4.78 is 0. The van der Waals surface area contributed by atoms with E-state index in [2.05, 4.69) is 5.32 Å². The van der Waals surface area contributed by atoms with Gasteiger partial charge in [0.25, 0.3) is 5.91 Å². The Bertz CT molecular complexity index is 809. The summed E-state index contributed by atoms with van der Waals surface area (Å²) >= 11 is 1.50. The van der Waals surface area contributed by atoms with Crippen LogP contribution in [-0.4, -0.2) is 17.6 Å². The van der Waals surface area contributed by atoms with Crippen LogP contribution in [0.5, 0.6) is 0 Å². The van der Waals surface area contributed by atoms with Crippen LogP contribution >= 0.6 is 11.3 Å². The van der Waals surface area contributed by atoms with E-state index < -0.39 is 6.10 Å². The van der Waals surface area contributed by atoms with Gasteiger partial charge in [-0.1, -0.05) is 42.5 Å². The molecular weight excluding hydrogens is 318 g/mol. The van der Waals surface area contributed by atoms with Crippen molar-refractivity contribution in [2.45, 2.75) is 13.0 Å². The van der Waals surface area contributed by atoms with Gasteiger partial charge in [-0.15, -0.1) is 11.3 Å². The zero-order chi connectivity index (χ0) is 16.9. The minimum atomic E-state index is -0.669. The van der Waals surface area contributed by atoms with Crippen molar-refractivity contribution in [3.8, 4) is 11.1 Å². The van der Waals surface area contributed by atoms with E-state index in [1.165, 1.54) is 11.3 Å². The van der Waals surface area contributed by atoms with Crippen LogP contribution in [0, 0.1) is 6.92 Å². The fraction of sp³-hybridized carbons (Fsp3) is 0.150. The van der Waals surface area contributed by atoms with Gasteiger partial charge in [0.15, 0.2) is 0 Å². The molecule has 0 saturated carbocycles. The Morgan fingerprint density at radius 3 is 2.33 bits per heavy atom. The summed E-state index contributed by atoms with van der Waals surface area (Å²) in [5.74, 6) is -0.178. The Morgan fingerprint density at radius 1 is 1.04 bits per heavy atom. The van der Waals surface area contributed by atoms with Crippen LogP contribution < -0.4 is 5.32 Å². The van der Waals surface area contributed by atoms with E-state index in [4.69, 9.17) is 0 Å². The molecule has 3 nitrogen and oxygen atoms in total. The number of amides is 1. The van der Waals surface area contributed by atoms with Crippen molar-refractivity contribution in [1.82, 2.24) is 5.32 Å². The number of nitrogens with one attached hydrogen (secondary N) is 1. The molecule has 0 saturated heterocycles. The molecule has 1 unspecified atom stereocenters. The molecule has 0 fully saturated rings. The molecule has 2 aromatic carbocycles. The number of carbonyl (C=O) groups is 1. The number of carbonyl (C=O) groups excluding carboxylic acids is 1. The first kappa shape index (κ1) is 16.4. The van der Waals surface area contributed by atoms with E-state index in [-0.39, 0.29) is 12.5 Å². The fourth-order valence-electron chi connectivity index (χ4n) is 2.55. The molecule has 1 atom stereocenters. The van der Waals surface area contributed by atoms with E-state index >= 15 is 0 Å². The number of benzene rings is 2. The number of hydrogen-bond donors (Lipinski definition) is 2. The van der Waals surface area contributed by atoms with Gasteiger partial charge < -0.3 is 10.4 Å². The molecule has 3 aromatic rings. The minimum absolute atomic E-state index is 0.178. The molecule has 0 aliphatic heterocycles. The lowest BCUT2D eigenvalue weighted by atomic mass is 10.0. The lowest BCUT2D eigenvalue weighted by Gasteiger charge is -2.12. The predicted octanol–water partition coefficient (Wildman–Crippen LogP) is 4.19. The first-order valence-electron chi connectivity index (χ1n) is 7.81. The lowest BCUT2D eigenvalue weighted by molar-refractivity contribution is 0.0917. The van der Waals surface area contributed by atoms with Crippen molar-refractivity contribution < 1.29 is 9.90 Å². The van der Waals surface area contributed by atoms with Crippen LogP contribution in [-0.2, 0) is 0 Å². The van der Waals surface area contributed by atoms with E-state index in [1.54, 1.807) is 12.1 Å². The van der Waals surface area contributed by atoms with Gasteiger partial charge in [0.1, 0.15) is 6.10 Å². The molecular formula is C20H19NO2S.